The molecule has 0 atom stereocenters. The molecule has 1 amide bonds. The van der Waals surface area contributed by atoms with Crippen molar-refractivity contribution in [3.8, 4) is 0 Å². The lowest BCUT2D eigenvalue weighted by Crippen LogP contribution is -2.29. The topological polar surface area (TPSA) is 32.1 Å². The Labute approximate surface area is 173 Å². The summed E-state index contributed by atoms with van der Waals surface area (Å²) in [5.74, 6) is 0.0880. The first-order valence-electron chi connectivity index (χ1n) is 10.4. The van der Waals surface area contributed by atoms with E-state index in [-0.39, 0.29) is 11.3 Å². The molecule has 29 heavy (non-hydrogen) atoms. The minimum atomic E-state index is 0.00670. The van der Waals surface area contributed by atoms with Crippen molar-refractivity contribution in [2.75, 3.05) is 13.1 Å². The van der Waals surface area contributed by atoms with E-state index in [1.54, 1.807) is 0 Å². The standard InChI is InChI=1S/C26H28N2O/c1-19-26(2,3)25-22-13-8-7-12-21(22)14-15-23(25)28(19)17-9-16-27-24(29)18-20-10-5-4-6-11-20/h4-8,10-15H,9,16-18H2,1-3H3/p+1. The molecule has 1 aliphatic heterocycles. The second kappa shape index (κ2) is 7.82. The Morgan fingerprint density at radius 1 is 0.966 bits per heavy atom. The van der Waals surface area contributed by atoms with Gasteiger partial charge < -0.3 is 5.32 Å². The fourth-order valence-electron chi connectivity index (χ4n) is 4.44. The molecule has 4 rings (SSSR count). The van der Waals surface area contributed by atoms with E-state index in [9.17, 15) is 4.79 Å². The van der Waals surface area contributed by atoms with Crippen LogP contribution in [0.3, 0.4) is 0 Å². The van der Waals surface area contributed by atoms with E-state index in [0.717, 1.165) is 18.5 Å². The molecule has 0 unspecified atom stereocenters. The second-order valence-electron chi connectivity index (χ2n) is 8.41. The molecule has 3 aromatic carbocycles. The van der Waals surface area contributed by atoms with Crippen molar-refractivity contribution >= 4 is 28.1 Å². The van der Waals surface area contributed by atoms with Crippen LogP contribution in [0.2, 0.25) is 0 Å². The highest BCUT2D eigenvalue weighted by molar-refractivity contribution is 6.01. The van der Waals surface area contributed by atoms with E-state index in [2.05, 4.69) is 67.1 Å². The first kappa shape index (κ1) is 19.4. The summed E-state index contributed by atoms with van der Waals surface area (Å²) in [7, 11) is 0. The molecule has 1 heterocycles. The summed E-state index contributed by atoms with van der Waals surface area (Å²) in [6.07, 6.45) is 1.36. The molecule has 0 saturated heterocycles. The molecule has 3 heteroatoms. The number of hydrogen-bond donors (Lipinski definition) is 1. The van der Waals surface area contributed by atoms with E-state index in [1.165, 1.54) is 27.7 Å². The van der Waals surface area contributed by atoms with Crippen molar-refractivity contribution < 1.29 is 9.37 Å². The predicted molar refractivity (Wildman–Crippen MR) is 120 cm³/mol. The Bertz CT molecular complexity index is 1080. The fraction of sp³-hybridized carbons (Fsp3) is 0.308. The van der Waals surface area contributed by atoms with Crippen molar-refractivity contribution in [1.82, 2.24) is 5.32 Å². The lowest BCUT2D eigenvalue weighted by atomic mass is 9.80. The summed E-state index contributed by atoms with van der Waals surface area (Å²) in [4.78, 5) is 12.2. The van der Waals surface area contributed by atoms with Gasteiger partial charge in [-0.25, -0.2) is 0 Å². The molecule has 0 spiro atoms. The number of rotatable bonds is 6. The maximum Gasteiger partial charge on any atom is 0.224 e. The molecule has 0 radical (unpaired) electrons. The normalized spacial score (nSPS) is 14.9. The number of carbonyl (C=O) groups is 1. The van der Waals surface area contributed by atoms with Gasteiger partial charge in [0.1, 0.15) is 0 Å². The van der Waals surface area contributed by atoms with E-state index >= 15 is 0 Å². The Morgan fingerprint density at radius 3 is 2.48 bits per heavy atom. The van der Waals surface area contributed by atoms with E-state index < -0.39 is 0 Å². The number of nitrogens with one attached hydrogen (secondary N) is 1. The van der Waals surface area contributed by atoms with Crippen LogP contribution in [0.15, 0.2) is 66.7 Å². The van der Waals surface area contributed by atoms with Crippen molar-refractivity contribution in [2.24, 2.45) is 0 Å². The minimum Gasteiger partial charge on any atom is -0.356 e. The molecular weight excluding hydrogens is 356 g/mol. The van der Waals surface area contributed by atoms with Crippen LogP contribution in [-0.4, -0.2) is 29.3 Å². The molecular formula is C26H29N2O+. The molecule has 0 bridgehead atoms. The monoisotopic (exact) mass is 385 g/mol. The smallest absolute Gasteiger partial charge is 0.224 e. The van der Waals surface area contributed by atoms with Gasteiger partial charge >= 0.3 is 0 Å². The highest BCUT2D eigenvalue weighted by Gasteiger charge is 2.43. The van der Waals surface area contributed by atoms with Gasteiger partial charge in [0.25, 0.3) is 0 Å². The van der Waals surface area contributed by atoms with Crippen LogP contribution in [0.5, 0.6) is 0 Å². The van der Waals surface area contributed by atoms with Gasteiger partial charge in [0.2, 0.25) is 11.6 Å². The average Bonchev–Trinajstić information content (AvgIpc) is 2.92. The van der Waals surface area contributed by atoms with Crippen LogP contribution in [0.25, 0.3) is 10.8 Å². The van der Waals surface area contributed by atoms with E-state index in [0.29, 0.717) is 13.0 Å². The minimum absolute atomic E-state index is 0.00670. The van der Waals surface area contributed by atoms with Crippen molar-refractivity contribution in [3.63, 3.8) is 0 Å². The summed E-state index contributed by atoms with van der Waals surface area (Å²) in [5.41, 5.74) is 5.16. The van der Waals surface area contributed by atoms with Crippen molar-refractivity contribution in [1.29, 1.82) is 0 Å². The zero-order valence-electron chi connectivity index (χ0n) is 17.5. The number of carbonyl (C=O) groups excluding carboxylic acids is 1. The van der Waals surface area contributed by atoms with E-state index in [4.69, 9.17) is 0 Å². The molecule has 0 fully saturated rings. The van der Waals surface area contributed by atoms with Gasteiger partial charge in [-0.2, -0.15) is 4.58 Å². The third-order valence-corrected chi connectivity index (χ3v) is 6.22. The second-order valence-corrected chi connectivity index (χ2v) is 8.41. The molecule has 3 aromatic rings. The van der Waals surface area contributed by atoms with Gasteiger partial charge in [0, 0.05) is 31.5 Å². The zero-order valence-corrected chi connectivity index (χ0v) is 17.5. The highest BCUT2D eigenvalue weighted by Crippen LogP contribution is 2.43. The Hall–Kier alpha value is -2.94. The van der Waals surface area contributed by atoms with Crippen LogP contribution in [0, 0.1) is 0 Å². The molecule has 1 N–H and O–H groups in total. The maximum absolute atomic E-state index is 12.2. The quantitative estimate of drug-likeness (QED) is 0.471. The van der Waals surface area contributed by atoms with Crippen LogP contribution >= 0.6 is 0 Å². The maximum atomic E-state index is 12.2. The molecule has 0 aromatic heterocycles. The number of amides is 1. The van der Waals surface area contributed by atoms with Crippen molar-refractivity contribution in [3.05, 3.63) is 77.9 Å². The third kappa shape index (κ3) is 3.69. The van der Waals surface area contributed by atoms with Gasteiger partial charge in [-0.1, -0.05) is 54.6 Å². The summed E-state index contributed by atoms with van der Waals surface area (Å²) in [5, 5.41) is 5.70. The van der Waals surface area contributed by atoms with Gasteiger partial charge in [0.05, 0.1) is 11.8 Å². The van der Waals surface area contributed by atoms with Gasteiger partial charge in [0.15, 0.2) is 12.3 Å². The average molecular weight is 386 g/mol. The number of nitrogens with zero attached hydrogens (tertiary/aromatic N) is 1. The SMILES string of the molecule is CC1=[N+](CCCNC(=O)Cc2ccccc2)c2ccc3ccccc3c2C1(C)C. The first-order chi connectivity index (χ1) is 14.0. The van der Waals surface area contributed by atoms with Gasteiger partial charge in [-0.15, -0.1) is 0 Å². The number of benzene rings is 3. The third-order valence-electron chi connectivity index (χ3n) is 6.22. The molecule has 0 saturated carbocycles. The Kier molecular flexibility index (Phi) is 5.23. The van der Waals surface area contributed by atoms with Crippen LogP contribution < -0.4 is 5.32 Å². The van der Waals surface area contributed by atoms with E-state index in [1.807, 2.05) is 30.3 Å². The lowest BCUT2D eigenvalue weighted by molar-refractivity contribution is -0.439. The molecule has 0 aliphatic carbocycles. The summed E-state index contributed by atoms with van der Waals surface area (Å²) in [6.45, 7) is 8.47. The highest BCUT2D eigenvalue weighted by atomic mass is 16.1. The Morgan fingerprint density at radius 2 is 1.69 bits per heavy atom. The fourth-order valence-corrected chi connectivity index (χ4v) is 4.44. The van der Waals surface area contributed by atoms with Crippen LogP contribution in [0.1, 0.15) is 38.3 Å². The zero-order chi connectivity index (χ0) is 20.4. The molecule has 1 aliphatic rings. The van der Waals surface area contributed by atoms with Crippen LogP contribution in [-0.2, 0) is 16.6 Å². The predicted octanol–water partition coefficient (Wildman–Crippen LogP) is 4.98. The number of hydrogen-bond acceptors (Lipinski definition) is 1. The van der Waals surface area contributed by atoms with Crippen LogP contribution in [0.4, 0.5) is 5.69 Å². The van der Waals surface area contributed by atoms with Gasteiger partial charge in [-0.3, -0.25) is 4.79 Å². The van der Waals surface area contributed by atoms with Gasteiger partial charge in [-0.05, 0) is 36.2 Å². The largest absolute Gasteiger partial charge is 0.356 e. The van der Waals surface area contributed by atoms with Crippen molar-refractivity contribution in [2.45, 2.75) is 39.0 Å². The number of fused-ring (bicyclic) bond motifs is 3. The summed E-state index contributed by atoms with van der Waals surface area (Å²) >= 11 is 0. The summed E-state index contributed by atoms with van der Waals surface area (Å²) < 4.78 is 2.44. The lowest BCUT2D eigenvalue weighted by Gasteiger charge is -2.17. The first-order valence-corrected chi connectivity index (χ1v) is 10.4. The molecule has 148 valence electrons. The Balaban J connectivity index is 1.44. The molecule has 3 nitrogen and oxygen atoms in total. The summed E-state index contributed by atoms with van der Waals surface area (Å²) in [6, 6.07) is 23.0.